The third-order valence-electron chi connectivity index (χ3n) is 3.81. The van der Waals surface area contributed by atoms with Gasteiger partial charge in [0.2, 0.25) is 0 Å². The highest BCUT2D eigenvalue weighted by atomic mass is 32.2. The van der Waals surface area contributed by atoms with Crippen molar-refractivity contribution < 1.29 is 13.2 Å². The van der Waals surface area contributed by atoms with Crippen molar-refractivity contribution in [2.24, 2.45) is 11.7 Å². The van der Waals surface area contributed by atoms with Crippen LogP contribution in [0.25, 0.3) is 0 Å². The average Bonchev–Trinajstić information content (AvgIpc) is 2.91. The fraction of sp³-hybridized carbons (Fsp3) is 1.00. The molecule has 2 fully saturated rings. The predicted molar refractivity (Wildman–Crippen MR) is 62.9 cm³/mol. The normalized spacial score (nSPS) is 29.7. The van der Waals surface area contributed by atoms with Crippen LogP contribution in [-0.4, -0.2) is 38.7 Å². The molecule has 2 atom stereocenters. The number of hydrogen-bond donors (Lipinski definition) is 1. The fourth-order valence-electron chi connectivity index (χ4n) is 2.68. The van der Waals surface area contributed by atoms with Crippen molar-refractivity contribution in [3.63, 3.8) is 0 Å². The lowest BCUT2D eigenvalue weighted by Gasteiger charge is -2.19. The summed E-state index contributed by atoms with van der Waals surface area (Å²) in [4.78, 5) is 0. The third-order valence-corrected chi connectivity index (χ3v) is 6.14. The quantitative estimate of drug-likeness (QED) is 0.794. The van der Waals surface area contributed by atoms with E-state index in [0.717, 1.165) is 38.7 Å². The zero-order valence-electron chi connectivity index (χ0n) is 9.60. The van der Waals surface area contributed by atoms with Gasteiger partial charge in [-0.15, -0.1) is 0 Å². The molecule has 16 heavy (non-hydrogen) atoms. The minimum atomic E-state index is -2.98. The highest BCUT2D eigenvalue weighted by molar-refractivity contribution is 7.92. The standard InChI is InChI=1S/C11H21NO3S/c12-11(9-5-6-15-7-9)8-16(13,14)10-3-1-2-4-10/h9-11H,1-8,12H2. The van der Waals surface area contributed by atoms with E-state index in [1.807, 2.05) is 0 Å². The molecule has 1 saturated heterocycles. The highest BCUT2D eigenvalue weighted by Gasteiger charge is 2.33. The Hall–Kier alpha value is -0.130. The van der Waals surface area contributed by atoms with E-state index in [2.05, 4.69) is 0 Å². The van der Waals surface area contributed by atoms with Crippen molar-refractivity contribution in [3.05, 3.63) is 0 Å². The van der Waals surface area contributed by atoms with Crippen LogP contribution in [0.1, 0.15) is 32.1 Å². The molecule has 1 aliphatic heterocycles. The maximum Gasteiger partial charge on any atom is 0.154 e. The summed E-state index contributed by atoms with van der Waals surface area (Å²) < 4.78 is 29.4. The van der Waals surface area contributed by atoms with Crippen LogP contribution >= 0.6 is 0 Å². The Morgan fingerprint density at radius 3 is 2.50 bits per heavy atom. The molecule has 1 aliphatic carbocycles. The molecule has 0 aromatic carbocycles. The summed E-state index contributed by atoms with van der Waals surface area (Å²) >= 11 is 0. The Labute approximate surface area is 97.5 Å². The van der Waals surface area contributed by atoms with Crippen LogP contribution < -0.4 is 5.73 Å². The first-order valence-electron chi connectivity index (χ1n) is 6.14. The smallest absolute Gasteiger partial charge is 0.154 e. The van der Waals surface area contributed by atoms with E-state index in [4.69, 9.17) is 10.5 Å². The lowest BCUT2D eigenvalue weighted by molar-refractivity contribution is 0.182. The zero-order valence-corrected chi connectivity index (χ0v) is 10.4. The number of sulfone groups is 1. The number of hydrogen-bond acceptors (Lipinski definition) is 4. The Bertz CT molecular complexity index is 316. The molecule has 1 saturated carbocycles. The van der Waals surface area contributed by atoms with E-state index in [1.165, 1.54) is 0 Å². The van der Waals surface area contributed by atoms with Crippen LogP contribution in [0.15, 0.2) is 0 Å². The Balaban J connectivity index is 1.91. The number of rotatable bonds is 4. The molecule has 94 valence electrons. The van der Waals surface area contributed by atoms with E-state index < -0.39 is 9.84 Å². The van der Waals surface area contributed by atoms with Gasteiger partial charge in [0, 0.05) is 18.6 Å². The first kappa shape index (κ1) is 12.3. The molecule has 0 amide bonds. The van der Waals surface area contributed by atoms with E-state index in [-0.39, 0.29) is 23.0 Å². The third kappa shape index (κ3) is 2.76. The molecule has 0 bridgehead atoms. The summed E-state index contributed by atoms with van der Waals surface area (Å²) in [5.74, 6) is 0.377. The van der Waals surface area contributed by atoms with Gasteiger partial charge < -0.3 is 10.5 Å². The minimum Gasteiger partial charge on any atom is -0.381 e. The predicted octanol–water partition coefficient (Wildman–Crippen LogP) is 0.708. The molecule has 0 radical (unpaired) electrons. The fourth-order valence-corrected chi connectivity index (χ4v) is 4.81. The summed E-state index contributed by atoms with van der Waals surface area (Å²) in [7, 11) is -2.98. The van der Waals surface area contributed by atoms with Crippen LogP contribution in [0.2, 0.25) is 0 Å². The molecule has 0 aromatic heterocycles. The molecule has 0 spiro atoms. The van der Waals surface area contributed by atoms with Gasteiger partial charge >= 0.3 is 0 Å². The van der Waals surface area contributed by atoms with Crippen molar-refractivity contribution in [1.82, 2.24) is 0 Å². The summed E-state index contributed by atoms with van der Waals surface area (Å²) in [5.41, 5.74) is 5.97. The van der Waals surface area contributed by atoms with Gasteiger partial charge in [-0.3, -0.25) is 0 Å². The average molecular weight is 247 g/mol. The molecule has 4 nitrogen and oxygen atoms in total. The summed E-state index contributed by atoms with van der Waals surface area (Å²) in [6.07, 6.45) is 4.66. The van der Waals surface area contributed by atoms with Crippen LogP contribution in [0.4, 0.5) is 0 Å². The van der Waals surface area contributed by atoms with Crippen molar-refractivity contribution in [1.29, 1.82) is 0 Å². The Morgan fingerprint density at radius 2 is 1.94 bits per heavy atom. The zero-order chi connectivity index (χ0) is 11.6. The molecular weight excluding hydrogens is 226 g/mol. The molecule has 2 aliphatic rings. The molecule has 2 N–H and O–H groups in total. The SMILES string of the molecule is NC(CS(=O)(=O)C1CCCC1)C1CCOC1. The first-order valence-corrected chi connectivity index (χ1v) is 7.86. The van der Waals surface area contributed by atoms with Crippen molar-refractivity contribution >= 4 is 9.84 Å². The van der Waals surface area contributed by atoms with Gasteiger partial charge in [0.15, 0.2) is 9.84 Å². The van der Waals surface area contributed by atoms with Gasteiger partial charge in [-0.25, -0.2) is 8.42 Å². The lowest BCUT2D eigenvalue weighted by Crippen LogP contribution is -2.39. The first-order chi connectivity index (χ1) is 7.59. The highest BCUT2D eigenvalue weighted by Crippen LogP contribution is 2.26. The van der Waals surface area contributed by atoms with E-state index >= 15 is 0 Å². The molecule has 1 heterocycles. The van der Waals surface area contributed by atoms with Crippen molar-refractivity contribution in [2.75, 3.05) is 19.0 Å². The molecule has 2 rings (SSSR count). The monoisotopic (exact) mass is 247 g/mol. The maximum absolute atomic E-state index is 12.1. The van der Waals surface area contributed by atoms with Gasteiger partial charge in [0.25, 0.3) is 0 Å². The summed E-state index contributed by atoms with van der Waals surface area (Å²) in [5, 5.41) is -0.124. The van der Waals surface area contributed by atoms with Crippen LogP contribution in [-0.2, 0) is 14.6 Å². The Kier molecular flexibility index (Phi) is 3.87. The van der Waals surface area contributed by atoms with Crippen LogP contribution in [0.5, 0.6) is 0 Å². The molecule has 5 heteroatoms. The summed E-state index contributed by atoms with van der Waals surface area (Å²) in [6, 6.07) is -0.243. The van der Waals surface area contributed by atoms with Gasteiger partial charge in [0.05, 0.1) is 17.6 Å². The second-order valence-electron chi connectivity index (χ2n) is 5.02. The van der Waals surface area contributed by atoms with Crippen molar-refractivity contribution in [2.45, 2.75) is 43.4 Å². The molecule has 0 aromatic rings. The van der Waals surface area contributed by atoms with E-state index in [9.17, 15) is 8.42 Å². The maximum atomic E-state index is 12.1. The number of ether oxygens (including phenoxy) is 1. The second kappa shape index (κ2) is 5.02. The molecular formula is C11H21NO3S. The van der Waals surface area contributed by atoms with Crippen molar-refractivity contribution in [3.8, 4) is 0 Å². The topological polar surface area (TPSA) is 69.4 Å². The summed E-state index contributed by atoms with van der Waals surface area (Å²) in [6.45, 7) is 1.35. The largest absolute Gasteiger partial charge is 0.381 e. The lowest BCUT2D eigenvalue weighted by atomic mass is 10.0. The van der Waals surface area contributed by atoms with Crippen LogP contribution in [0, 0.1) is 5.92 Å². The van der Waals surface area contributed by atoms with Gasteiger partial charge in [-0.2, -0.15) is 0 Å². The van der Waals surface area contributed by atoms with Gasteiger partial charge in [-0.05, 0) is 19.3 Å². The van der Waals surface area contributed by atoms with E-state index in [1.54, 1.807) is 0 Å². The van der Waals surface area contributed by atoms with E-state index in [0.29, 0.717) is 6.61 Å². The minimum absolute atomic E-state index is 0.124. The molecule has 2 unspecified atom stereocenters. The number of nitrogens with two attached hydrogens (primary N) is 1. The van der Waals surface area contributed by atoms with Crippen LogP contribution in [0.3, 0.4) is 0 Å². The van der Waals surface area contributed by atoms with Gasteiger partial charge in [0.1, 0.15) is 0 Å². The second-order valence-corrected chi connectivity index (χ2v) is 7.35. The van der Waals surface area contributed by atoms with Gasteiger partial charge in [-0.1, -0.05) is 12.8 Å². The Morgan fingerprint density at radius 1 is 1.25 bits per heavy atom.